The lowest BCUT2D eigenvalue weighted by Gasteiger charge is -2.09. The number of hydrogen-bond acceptors (Lipinski definition) is 4. The van der Waals surface area contributed by atoms with Gasteiger partial charge in [0.2, 0.25) is 0 Å². The fourth-order valence-corrected chi connectivity index (χ4v) is 2.57. The number of benzene rings is 2. The lowest BCUT2D eigenvalue weighted by Crippen LogP contribution is -2.09. The van der Waals surface area contributed by atoms with Crippen molar-refractivity contribution in [3.8, 4) is 17.2 Å². The van der Waals surface area contributed by atoms with Gasteiger partial charge in [0.05, 0.1) is 18.8 Å². The third kappa shape index (κ3) is 6.93. The van der Waals surface area contributed by atoms with Gasteiger partial charge < -0.3 is 14.2 Å². The predicted molar refractivity (Wildman–Crippen MR) is 103 cm³/mol. The van der Waals surface area contributed by atoms with E-state index >= 15 is 0 Å². The second-order valence-corrected chi connectivity index (χ2v) is 6.20. The van der Waals surface area contributed by atoms with Crippen LogP contribution in [0.15, 0.2) is 42.5 Å². The molecule has 0 atom stereocenters. The molecule has 146 valence electrons. The Morgan fingerprint density at radius 3 is 2.26 bits per heavy atom. The van der Waals surface area contributed by atoms with Crippen LogP contribution in [0, 0.1) is 5.82 Å². The van der Waals surface area contributed by atoms with Crippen molar-refractivity contribution < 1.29 is 23.4 Å². The van der Waals surface area contributed by atoms with Gasteiger partial charge in [-0.15, -0.1) is 0 Å². The van der Waals surface area contributed by atoms with E-state index in [0.717, 1.165) is 18.9 Å². The zero-order chi connectivity index (χ0) is 19.5. The van der Waals surface area contributed by atoms with Crippen LogP contribution in [0.3, 0.4) is 0 Å². The predicted octanol–water partition coefficient (Wildman–Crippen LogP) is 5.79. The average molecular weight is 374 g/mol. The van der Waals surface area contributed by atoms with Gasteiger partial charge in [0.25, 0.3) is 0 Å². The molecule has 0 heterocycles. The maximum atomic E-state index is 14.2. The third-order valence-corrected chi connectivity index (χ3v) is 4.02. The molecule has 4 nitrogen and oxygen atoms in total. The lowest BCUT2D eigenvalue weighted by molar-refractivity contribution is 0.0734. The molecule has 0 fully saturated rings. The number of rotatable bonds is 11. The first-order valence-electron chi connectivity index (χ1n) is 9.51. The summed E-state index contributed by atoms with van der Waals surface area (Å²) in [5.41, 5.74) is 0.136. The SMILES string of the molecule is CCCCCCCOc1ccc(C(=O)Oc2ccc(OCC)cc2)cc1F. The maximum absolute atomic E-state index is 14.2. The number of hydrogen-bond donors (Lipinski definition) is 0. The van der Waals surface area contributed by atoms with Crippen LogP contribution in [0.25, 0.3) is 0 Å². The largest absolute Gasteiger partial charge is 0.494 e. The van der Waals surface area contributed by atoms with Crippen LogP contribution in [0.1, 0.15) is 56.3 Å². The summed E-state index contributed by atoms with van der Waals surface area (Å²) in [7, 11) is 0. The minimum absolute atomic E-state index is 0.136. The summed E-state index contributed by atoms with van der Waals surface area (Å²) in [4.78, 5) is 12.2. The molecule has 0 N–H and O–H groups in total. The van der Waals surface area contributed by atoms with Crippen LogP contribution in [0.4, 0.5) is 4.39 Å². The highest BCUT2D eigenvalue weighted by molar-refractivity contribution is 5.91. The van der Waals surface area contributed by atoms with E-state index in [9.17, 15) is 9.18 Å². The third-order valence-electron chi connectivity index (χ3n) is 4.02. The average Bonchev–Trinajstić information content (AvgIpc) is 2.67. The highest BCUT2D eigenvalue weighted by Crippen LogP contribution is 2.22. The van der Waals surface area contributed by atoms with Crippen molar-refractivity contribution in [3.63, 3.8) is 0 Å². The van der Waals surface area contributed by atoms with Crippen molar-refractivity contribution in [2.45, 2.75) is 46.0 Å². The molecule has 0 saturated heterocycles. The highest BCUT2D eigenvalue weighted by atomic mass is 19.1. The molecule has 0 bridgehead atoms. The van der Waals surface area contributed by atoms with Crippen LogP contribution in [-0.4, -0.2) is 19.2 Å². The van der Waals surface area contributed by atoms with Crippen LogP contribution >= 0.6 is 0 Å². The smallest absolute Gasteiger partial charge is 0.343 e. The van der Waals surface area contributed by atoms with Gasteiger partial charge in [0.1, 0.15) is 11.5 Å². The normalized spacial score (nSPS) is 10.5. The van der Waals surface area contributed by atoms with Crippen molar-refractivity contribution in [1.82, 2.24) is 0 Å². The summed E-state index contributed by atoms with van der Waals surface area (Å²) in [6.07, 6.45) is 5.52. The van der Waals surface area contributed by atoms with E-state index in [2.05, 4.69) is 6.92 Å². The first-order valence-corrected chi connectivity index (χ1v) is 9.51. The zero-order valence-corrected chi connectivity index (χ0v) is 16.0. The molecular formula is C22H27FO4. The van der Waals surface area contributed by atoms with Crippen molar-refractivity contribution in [1.29, 1.82) is 0 Å². The Hall–Kier alpha value is -2.56. The van der Waals surface area contributed by atoms with Crippen LogP contribution in [0.2, 0.25) is 0 Å². The van der Waals surface area contributed by atoms with Gasteiger partial charge in [0.15, 0.2) is 11.6 Å². The fraction of sp³-hybridized carbons (Fsp3) is 0.409. The molecule has 0 saturated carbocycles. The molecule has 0 aliphatic heterocycles. The summed E-state index contributed by atoms with van der Waals surface area (Å²) in [5, 5.41) is 0. The summed E-state index contributed by atoms with van der Waals surface area (Å²) in [6.45, 7) is 5.08. The molecule has 2 rings (SSSR count). The number of esters is 1. The van der Waals surface area contributed by atoms with Gasteiger partial charge in [-0.25, -0.2) is 9.18 Å². The number of carbonyl (C=O) groups is 1. The summed E-state index contributed by atoms with van der Waals surface area (Å²) in [6, 6.07) is 10.8. The quantitative estimate of drug-likeness (QED) is 0.284. The molecule has 5 heteroatoms. The molecule has 2 aromatic carbocycles. The Morgan fingerprint density at radius 2 is 1.59 bits per heavy atom. The zero-order valence-electron chi connectivity index (χ0n) is 16.0. The second-order valence-electron chi connectivity index (χ2n) is 6.20. The van der Waals surface area contributed by atoms with Gasteiger partial charge in [-0.3, -0.25) is 0 Å². The first kappa shape index (κ1) is 20.7. The van der Waals surface area contributed by atoms with Gasteiger partial charge >= 0.3 is 5.97 Å². The standard InChI is InChI=1S/C22H27FO4/c1-3-5-6-7-8-15-26-21-14-9-17(16-20(21)23)22(24)27-19-12-10-18(11-13-19)25-4-2/h9-14,16H,3-8,15H2,1-2H3. The number of unbranched alkanes of at least 4 members (excludes halogenated alkanes) is 4. The molecule has 27 heavy (non-hydrogen) atoms. The molecule has 0 spiro atoms. The summed E-state index contributed by atoms with van der Waals surface area (Å²) in [5.74, 6) is 0.0350. The summed E-state index contributed by atoms with van der Waals surface area (Å²) >= 11 is 0. The van der Waals surface area contributed by atoms with E-state index in [1.54, 1.807) is 24.3 Å². The number of ether oxygens (including phenoxy) is 3. The molecule has 0 aliphatic rings. The van der Waals surface area contributed by atoms with E-state index < -0.39 is 11.8 Å². The molecule has 0 unspecified atom stereocenters. The Kier molecular flexibility index (Phi) is 8.62. The lowest BCUT2D eigenvalue weighted by atomic mass is 10.2. The van der Waals surface area contributed by atoms with Crippen LogP contribution in [-0.2, 0) is 0 Å². The van der Waals surface area contributed by atoms with E-state index in [-0.39, 0.29) is 11.3 Å². The Bertz CT molecular complexity index is 713. The fourth-order valence-electron chi connectivity index (χ4n) is 2.57. The van der Waals surface area contributed by atoms with Gasteiger partial charge in [-0.05, 0) is 55.8 Å². The first-order chi connectivity index (χ1) is 13.1. The topological polar surface area (TPSA) is 44.8 Å². The monoisotopic (exact) mass is 374 g/mol. The molecule has 0 amide bonds. The van der Waals surface area contributed by atoms with Crippen molar-refractivity contribution in [2.24, 2.45) is 0 Å². The number of halogens is 1. The van der Waals surface area contributed by atoms with E-state index in [1.807, 2.05) is 6.92 Å². The highest BCUT2D eigenvalue weighted by Gasteiger charge is 2.13. The molecule has 0 aliphatic carbocycles. The Balaban J connectivity index is 1.87. The van der Waals surface area contributed by atoms with Gasteiger partial charge in [-0.1, -0.05) is 32.6 Å². The molecule has 0 aromatic heterocycles. The number of carbonyl (C=O) groups excluding carboxylic acids is 1. The van der Waals surface area contributed by atoms with Crippen LogP contribution < -0.4 is 14.2 Å². The van der Waals surface area contributed by atoms with Crippen molar-refractivity contribution in [2.75, 3.05) is 13.2 Å². The van der Waals surface area contributed by atoms with E-state index in [1.165, 1.54) is 31.4 Å². The minimum atomic E-state index is -0.621. The molecule has 2 aromatic rings. The Labute approximate surface area is 160 Å². The van der Waals surface area contributed by atoms with Gasteiger partial charge in [-0.2, -0.15) is 0 Å². The van der Waals surface area contributed by atoms with E-state index in [4.69, 9.17) is 14.2 Å². The molecule has 0 radical (unpaired) electrons. The van der Waals surface area contributed by atoms with Crippen molar-refractivity contribution in [3.05, 3.63) is 53.8 Å². The van der Waals surface area contributed by atoms with Crippen molar-refractivity contribution >= 4 is 5.97 Å². The summed E-state index contributed by atoms with van der Waals surface area (Å²) < 4.78 is 30.2. The Morgan fingerprint density at radius 1 is 0.889 bits per heavy atom. The van der Waals surface area contributed by atoms with E-state index in [0.29, 0.717) is 24.7 Å². The maximum Gasteiger partial charge on any atom is 0.343 e. The molecular weight excluding hydrogens is 347 g/mol. The second kappa shape index (κ2) is 11.2. The van der Waals surface area contributed by atoms with Crippen LogP contribution in [0.5, 0.6) is 17.2 Å². The minimum Gasteiger partial charge on any atom is -0.494 e. The van der Waals surface area contributed by atoms with Gasteiger partial charge in [0, 0.05) is 0 Å².